The summed E-state index contributed by atoms with van der Waals surface area (Å²) in [5, 5.41) is 12.5. The van der Waals surface area contributed by atoms with Crippen LogP contribution >= 0.6 is 0 Å². The van der Waals surface area contributed by atoms with Crippen molar-refractivity contribution < 1.29 is 0 Å². The molecule has 0 fully saturated rings. The van der Waals surface area contributed by atoms with E-state index in [1.807, 2.05) is 24.3 Å². The standard InChI is InChI=1S/C10H12NO/c1-10(2)7-11(12)9-6-4-3-5-8(9)10/h3-6H,7H2,1-2H3/q-1. The second kappa shape index (κ2) is 2.23. The Balaban J connectivity index is 2.58. The summed E-state index contributed by atoms with van der Waals surface area (Å²) in [6.45, 7) is 4.78. The highest BCUT2D eigenvalue weighted by atomic mass is 16.5. The van der Waals surface area contributed by atoms with E-state index >= 15 is 0 Å². The van der Waals surface area contributed by atoms with Gasteiger partial charge in [-0.1, -0.05) is 32.0 Å². The number of para-hydroxylation sites is 1. The number of rotatable bonds is 0. The summed E-state index contributed by atoms with van der Waals surface area (Å²) in [6.07, 6.45) is 0. The fourth-order valence-electron chi connectivity index (χ4n) is 1.79. The molecule has 0 saturated carbocycles. The van der Waals surface area contributed by atoms with Gasteiger partial charge >= 0.3 is 0 Å². The molecule has 12 heavy (non-hydrogen) atoms. The topological polar surface area (TPSA) is 26.3 Å². The van der Waals surface area contributed by atoms with E-state index in [9.17, 15) is 5.21 Å². The van der Waals surface area contributed by atoms with Crippen LogP contribution in [0.25, 0.3) is 0 Å². The van der Waals surface area contributed by atoms with Crippen molar-refractivity contribution in [2.75, 3.05) is 11.6 Å². The molecule has 2 heteroatoms. The normalized spacial score (nSPS) is 19.4. The number of anilines is 1. The molecule has 0 aromatic heterocycles. The molecule has 0 aliphatic carbocycles. The molecule has 1 aromatic carbocycles. The number of nitrogens with zero attached hydrogens (tertiary/aromatic N) is 1. The Labute approximate surface area is 72.4 Å². The van der Waals surface area contributed by atoms with Gasteiger partial charge in [0, 0.05) is 17.6 Å². The van der Waals surface area contributed by atoms with Crippen molar-refractivity contribution in [3.63, 3.8) is 0 Å². The zero-order valence-corrected chi connectivity index (χ0v) is 7.37. The molecule has 2 nitrogen and oxygen atoms in total. The molecule has 0 atom stereocenters. The molecule has 0 bridgehead atoms. The lowest BCUT2D eigenvalue weighted by atomic mass is 9.87. The molecule has 2 rings (SSSR count). The highest BCUT2D eigenvalue weighted by Crippen LogP contribution is 2.39. The molecular formula is C10H12NO-. The van der Waals surface area contributed by atoms with Gasteiger partial charge in [-0.15, -0.1) is 0 Å². The fourth-order valence-corrected chi connectivity index (χ4v) is 1.79. The van der Waals surface area contributed by atoms with E-state index in [2.05, 4.69) is 13.8 Å². The Morgan fingerprint density at radius 3 is 2.67 bits per heavy atom. The van der Waals surface area contributed by atoms with Crippen molar-refractivity contribution in [1.29, 1.82) is 0 Å². The number of hydroxylamine groups is 1. The van der Waals surface area contributed by atoms with E-state index in [1.54, 1.807) is 0 Å². The SMILES string of the molecule is CC1(C)CN([O-])c2ccccc21. The van der Waals surface area contributed by atoms with Gasteiger partial charge in [-0.25, -0.2) is 0 Å². The van der Waals surface area contributed by atoms with Crippen molar-refractivity contribution in [1.82, 2.24) is 0 Å². The van der Waals surface area contributed by atoms with E-state index in [-0.39, 0.29) is 5.41 Å². The number of fused-ring (bicyclic) bond motifs is 1. The lowest BCUT2D eigenvalue weighted by Crippen LogP contribution is -2.23. The van der Waals surface area contributed by atoms with Crippen LogP contribution in [0, 0.1) is 5.21 Å². The lowest BCUT2D eigenvalue weighted by Gasteiger charge is -2.27. The minimum absolute atomic E-state index is 0.0122. The highest BCUT2D eigenvalue weighted by Gasteiger charge is 2.30. The summed E-state index contributed by atoms with van der Waals surface area (Å²) in [7, 11) is 0. The van der Waals surface area contributed by atoms with Gasteiger partial charge in [-0.2, -0.15) is 0 Å². The van der Waals surface area contributed by atoms with Crippen molar-refractivity contribution in [2.24, 2.45) is 0 Å². The summed E-state index contributed by atoms with van der Waals surface area (Å²) in [4.78, 5) is 0. The van der Waals surface area contributed by atoms with E-state index in [0.717, 1.165) is 10.8 Å². The van der Waals surface area contributed by atoms with Crippen molar-refractivity contribution in [3.05, 3.63) is 35.0 Å². The second-order valence-corrected chi connectivity index (χ2v) is 3.94. The van der Waals surface area contributed by atoms with Crippen LogP contribution in [0.1, 0.15) is 19.4 Å². The molecule has 1 aliphatic heterocycles. The summed E-state index contributed by atoms with van der Waals surface area (Å²) in [6, 6.07) is 7.81. The average molecular weight is 162 g/mol. The van der Waals surface area contributed by atoms with Crippen LogP contribution in [0.15, 0.2) is 24.3 Å². The Morgan fingerprint density at radius 2 is 2.00 bits per heavy atom. The van der Waals surface area contributed by atoms with Gasteiger partial charge in [0.25, 0.3) is 0 Å². The van der Waals surface area contributed by atoms with Gasteiger partial charge in [-0.05, 0) is 11.6 Å². The third kappa shape index (κ3) is 0.916. The molecule has 1 heterocycles. The van der Waals surface area contributed by atoms with Crippen molar-refractivity contribution >= 4 is 5.69 Å². The minimum Gasteiger partial charge on any atom is -0.758 e. The van der Waals surface area contributed by atoms with Gasteiger partial charge in [0.2, 0.25) is 0 Å². The van der Waals surface area contributed by atoms with E-state index < -0.39 is 0 Å². The third-order valence-electron chi connectivity index (χ3n) is 2.44. The van der Waals surface area contributed by atoms with Gasteiger partial charge in [-0.3, -0.25) is 0 Å². The van der Waals surface area contributed by atoms with Crippen LogP contribution in [0.3, 0.4) is 0 Å². The quantitative estimate of drug-likeness (QED) is 0.585. The summed E-state index contributed by atoms with van der Waals surface area (Å²) in [5.41, 5.74) is 2.01. The minimum atomic E-state index is 0.0122. The van der Waals surface area contributed by atoms with Gasteiger partial charge in [0.15, 0.2) is 0 Å². The van der Waals surface area contributed by atoms with Gasteiger partial charge in [0.05, 0.1) is 0 Å². The largest absolute Gasteiger partial charge is 0.758 e. The van der Waals surface area contributed by atoms with E-state index in [0.29, 0.717) is 6.54 Å². The predicted octanol–water partition coefficient (Wildman–Crippen LogP) is 2.28. The molecule has 0 N–H and O–H groups in total. The molecular weight excluding hydrogens is 150 g/mol. The lowest BCUT2D eigenvalue weighted by molar-refractivity contribution is 0.568. The fraction of sp³-hybridized carbons (Fsp3) is 0.400. The summed E-state index contributed by atoms with van der Waals surface area (Å²) >= 11 is 0. The Morgan fingerprint density at radius 1 is 1.33 bits per heavy atom. The van der Waals surface area contributed by atoms with Crippen LogP contribution in [0.2, 0.25) is 0 Å². The highest BCUT2D eigenvalue weighted by molar-refractivity contribution is 5.62. The molecule has 0 saturated heterocycles. The smallest absolute Gasteiger partial charge is 0.0298 e. The van der Waals surface area contributed by atoms with Gasteiger partial charge in [0.1, 0.15) is 0 Å². The summed E-state index contributed by atoms with van der Waals surface area (Å²) in [5.74, 6) is 0. The molecule has 64 valence electrons. The van der Waals surface area contributed by atoms with E-state index in [1.165, 1.54) is 5.56 Å². The summed E-state index contributed by atoms with van der Waals surface area (Å²) < 4.78 is 0. The first kappa shape index (κ1) is 7.62. The maximum atomic E-state index is 11.4. The van der Waals surface area contributed by atoms with Crippen molar-refractivity contribution in [2.45, 2.75) is 19.3 Å². The monoisotopic (exact) mass is 162 g/mol. The van der Waals surface area contributed by atoms with Crippen molar-refractivity contribution in [3.8, 4) is 0 Å². The molecule has 1 aromatic rings. The Bertz CT molecular complexity index is 306. The van der Waals surface area contributed by atoms with Crippen LogP contribution < -0.4 is 5.06 Å². The third-order valence-corrected chi connectivity index (χ3v) is 2.44. The van der Waals surface area contributed by atoms with E-state index in [4.69, 9.17) is 0 Å². The molecule has 0 spiro atoms. The number of hydrogen-bond acceptors (Lipinski definition) is 2. The number of hydrogen-bond donors (Lipinski definition) is 0. The van der Waals surface area contributed by atoms with Crippen LogP contribution in [-0.2, 0) is 5.41 Å². The molecule has 0 amide bonds. The zero-order chi connectivity index (χ0) is 8.77. The first-order valence-corrected chi connectivity index (χ1v) is 4.15. The first-order valence-electron chi connectivity index (χ1n) is 4.15. The predicted molar refractivity (Wildman–Crippen MR) is 50.2 cm³/mol. The maximum Gasteiger partial charge on any atom is 0.0298 e. The average Bonchev–Trinajstić information content (AvgIpc) is 2.25. The van der Waals surface area contributed by atoms with Crippen LogP contribution in [0.4, 0.5) is 5.69 Å². The Hall–Kier alpha value is -1.02. The Kier molecular flexibility index (Phi) is 1.42. The first-order chi connectivity index (χ1) is 5.61. The second-order valence-electron chi connectivity index (χ2n) is 3.94. The van der Waals surface area contributed by atoms with Crippen LogP contribution in [-0.4, -0.2) is 6.54 Å². The van der Waals surface area contributed by atoms with Gasteiger partial charge < -0.3 is 10.3 Å². The molecule has 0 radical (unpaired) electrons. The van der Waals surface area contributed by atoms with Crippen LogP contribution in [0.5, 0.6) is 0 Å². The zero-order valence-electron chi connectivity index (χ0n) is 7.37. The molecule has 0 unspecified atom stereocenters. The molecule has 1 aliphatic rings. The maximum absolute atomic E-state index is 11.4. The number of benzene rings is 1.